The Morgan fingerprint density at radius 3 is 2.94 bits per heavy atom. The van der Waals surface area contributed by atoms with Crippen molar-refractivity contribution in [2.24, 2.45) is 0 Å². The van der Waals surface area contributed by atoms with Gasteiger partial charge in [0.15, 0.2) is 0 Å². The highest BCUT2D eigenvalue weighted by Gasteiger charge is 2.04. The van der Waals surface area contributed by atoms with Gasteiger partial charge in [0, 0.05) is 18.8 Å². The van der Waals surface area contributed by atoms with Crippen LogP contribution in [0.25, 0.3) is 0 Å². The maximum atomic E-state index is 11.5. The summed E-state index contributed by atoms with van der Waals surface area (Å²) in [5.41, 5.74) is 1.42. The van der Waals surface area contributed by atoms with Crippen LogP contribution in [0.15, 0.2) is 24.3 Å². The van der Waals surface area contributed by atoms with Crippen LogP contribution in [-0.4, -0.2) is 30.9 Å². The van der Waals surface area contributed by atoms with Gasteiger partial charge in [0.2, 0.25) is 0 Å². The molecule has 0 aliphatic carbocycles. The molecule has 0 fully saturated rings. The average molecular weight is 252 g/mol. The molecule has 0 radical (unpaired) electrons. The van der Waals surface area contributed by atoms with Gasteiger partial charge in [-0.05, 0) is 31.5 Å². The van der Waals surface area contributed by atoms with Crippen molar-refractivity contribution in [2.45, 2.75) is 20.0 Å². The molecule has 0 aliphatic heterocycles. The highest BCUT2D eigenvalue weighted by Crippen LogP contribution is 2.16. The van der Waals surface area contributed by atoms with E-state index in [0.29, 0.717) is 25.4 Å². The molecule has 5 heteroatoms. The summed E-state index contributed by atoms with van der Waals surface area (Å²) in [6.07, 6.45) is -0.548. The van der Waals surface area contributed by atoms with Crippen LogP contribution in [0.3, 0.4) is 0 Å². The van der Waals surface area contributed by atoms with Crippen molar-refractivity contribution in [1.82, 2.24) is 5.32 Å². The summed E-state index contributed by atoms with van der Waals surface area (Å²) >= 11 is 0. The minimum atomic E-state index is -0.548. The lowest BCUT2D eigenvalue weighted by Crippen LogP contribution is -2.31. The third-order valence-corrected chi connectivity index (χ3v) is 2.36. The zero-order chi connectivity index (χ0) is 13.4. The maximum absolute atomic E-state index is 11.5. The molecule has 0 bridgehead atoms. The number of aliphatic hydroxyl groups is 1. The van der Waals surface area contributed by atoms with Crippen LogP contribution in [0.5, 0.6) is 0 Å². The van der Waals surface area contributed by atoms with E-state index < -0.39 is 6.10 Å². The highest BCUT2D eigenvalue weighted by molar-refractivity contribution is 5.89. The van der Waals surface area contributed by atoms with E-state index in [0.717, 1.165) is 5.56 Å². The molecule has 1 unspecified atom stereocenters. The standard InChI is InChI=1S/C13H20N2O3/c1-3-18-8-7-14-13(17)15-12-6-4-5-11(9-12)10(2)16/h4-6,9-10,16H,3,7-8H2,1-2H3,(H2,14,15,17). The van der Waals surface area contributed by atoms with Gasteiger partial charge in [0.1, 0.15) is 0 Å². The number of aliphatic hydroxyl groups excluding tert-OH is 1. The van der Waals surface area contributed by atoms with E-state index in [4.69, 9.17) is 4.74 Å². The SMILES string of the molecule is CCOCCNC(=O)Nc1cccc(C(C)O)c1. The summed E-state index contributed by atoms with van der Waals surface area (Å²) in [6, 6.07) is 6.83. The van der Waals surface area contributed by atoms with Gasteiger partial charge in [0.25, 0.3) is 0 Å². The summed E-state index contributed by atoms with van der Waals surface area (Å²) < 4.78 is 5.11. The van der Waals surface area contributed by atoms with Crippen LogP contribution in [-0.2, 0) is 4.74 Å². The third kappa shape index (κ3) is 5.16. The number of hydrogen-bond donors (Lipinski definition) is 3. The molecule has 1 aromatic carbocycles. The Labute approximate surface area is 107 Å². The average Bonchev–Trinajstić information content (AvgIpc) is 2.35. The molecule has 3 N–H and O–H groups in total. The first-order valence-electron chi connectivity index (χ1n) is 6.04. The van der Waals surface area contributed by atoms with Crippen molar-refractivity contribution in [2.75, 3.05) is 25.1 Å². The molecule has 0 aliphatic rings. The first-order chi connectivity index (χ1) is 8.63. The van der Waals surface area contributed by atoms with Gasteiger partial charge < -0.3 is 20.5 Å². The molecule has 0 spiro atoms. The fraction of sp³-hybridized carbons (Fsp3) is 0.462. The van der Waals surface area contributed by atoms with E-state index in [1.165, 1.54) is 0 Å². The largest absolute Gasteiger partial charge is 0.389 e. The summed E-state index contributed by atoms with van der Waals surface area (Å²) in [5, 5.41) is 14.8. The van der Waals surface area contributed by atoms with Crippen LogP contribution in [0.2, 0.25) is 0 Å². The second-order valence-electron chi connectivity index (χ2n) is 3.88. The van der Waals surface area contributed by atoms with Crippen LogP contribution in [0.1, 0.15) is 25.5 Å². The van der Waals surface area contributed by atoms with Gasteiger partial charge in [-0.1, -0.05) is 12.1 Å². The van der Waals surface area contributed by atoms with E-state index in [2.05, 4.69) is 10.6 Å². The minimum absolute atomic E-state index is 0.280. The second-order valence-corrected chi connectivity index (χ2v) is 3.88. The van der Waals surface area contributed by atoms with E-state index in [9.17, 15) is 9.90 Å². The molecule has 100 valence electrons. The number of anilines is 1. The molecular weight excluding hydrogens is 232 g/mol. The van der Waals surface area contributed by atoms with E-state index in [-0.39, 0.29) is 6.03 Å². The lowest BCUT2D eigenvalue weighted by Gasteiger charge is -2.10. The summed E-state index contributed by atoms with van der Waals surface area (Å²) in [4.78, 5) is 11.5. The predicted molar refractivity (Wildman–Crippen MR) is 70.6 cm³/mol. The Bertz CT molecular complexity index is 380. The molecule has 0 aromatic heterocycles. The van der Waals surface area contributed by atoms with Crippen LogP contribution in [0, 0.1) is 0 Å². The summed E-state index contributed by atoms with van der Waals surface area (Å²) in [7, 11) is 0. The third-order valence-electron chi connectivity index (χ3n) is 2.36. The molecule has 18 heavy (non-hydrogen) atoms. The number of hydrogen-bond acceptors (Lipinski definition) is 3. The van der Waals surface area contributed by atoms with E-state index in [1.54, 1.807) is 25.1 Å². The number of carbonyl (C=O) groups excluding carboxylic acids is 1. The maximum Gasteiger partial charge on any atom is 0.319 e. The number of amides is 2. The van der Waals surface area contributed by atoms with E-state index in [1.807, 2.05) is 13.0 Å². The fourth-order valence-corrected chi connectivity index (χ4v) is 1.43. The Balaban J connectivity index is 2.41. The molecule has 5 nitrogen and oxygen atoms in total. The van der Waals surface area contributed by atoms with Crippen molar-refractivity contribution in [3.05, 3.63) is 29.8 Å². The second kappa shape index (κ2) is 7.68. The van der Waals surface area contributed by atoms with Crippen molar-refractivity contribution in [3.63, 3.8) is 0 Å². The number of ether oxygens (including phenoxy) is 1. The first-order valence-corrected chi connectivity index (χ1v) is 6.04. The molecule has 2 amide bonds. The number of benzene rings is 1. The van der Waals surface area contributed by atoms with Gasteiger partial charge in [-0.25, -0.2) is 4.79 Å². The molecule has 1 aromatic rings. The van der Waals surface area contributed by atoms with Gasteiger partial charge in [-0.15, -0.1) is 0 Å². The van der Waals surface area contributed by atoms with Crippen molar-refractivity contribution >= 4 is 11.7 Å². The number of carbonyl (C=O) groups is 1. The van der Waals surface area contributed by atoms with Crippen molar-refractivity contribution < 1.29 is 14.6 Å². The number of urea groups is 1. The monoisotopic (exact) mass is 252 g/mol. The van der Waals surface area contributed by atoms with Crippen molar-refractivity contribution in [3.8, 4) is 0 Å². The molecule has 1 atom stereocenters. The fourth-order valence-electron chi connectivity index (χ4n) is 1.43. The Morgan fingerprint density at radius 2 is 2.28 bits per heavy atom. The molecule has 0 saturated carbocycles. The van der Waals surface area contributed by atoms with Crippen LogP contribution < -0.4 is 10.6 Å². The Hall–Kier alpha value is -1.59. The lowest BCUT2D eigenvalue weighted by molar-refractivity contribution is 0.150. The number of rotatable bonds is 6. The Kier molecular flexibility index (Phi) is 6.18. The zero-order valence-electron chi connectivity index (χ0n) is 10.8. The highest BCUT2D eigenvalue weighted by atomic mass is 16.5. The van der Waals surface area contributed by atoms with Gasteiger partial charge in [-0.2, -0.15) is 0 Å². The Morgan fingerprint density at radius 1 is 1.50 bits per heavy atom. The summed E-state index contributed by atoms with van der Waals surface area (Å²) in [5.74, 6) is 0. The number of nitrogens with one attached hydrogen (secondary N) is 2. The smallest absolute Gasteiger partial charge is 0.319 e. The van der Waals surface area contributed by atoms with Crippen LogP contribution in [0.4, 0.5) is 10.5 Å². The zero-order valence-corrected chi connectivity index (χ0v) is 10.8. The van der Waals surface area contributed by atoms with Gasteiger partial charge in [-0.3, -0.25) is 0 Å². The predicted octanol–water partition coefficient (Wildman–Crippen LogP) is 1.90. The van der Waals surface area contributed by atoms with Crippen molar-refractivity contribution in [1.29, 1.82) is 0 Å². The summed E-state index contributed by atoms with van der Waals surface area (Å²) in [6.45, 7) is 5.19. The first kappa shape index (κ1) is 14.5. The van der Waals surface area contributed by atoms with Gasteiger partial charge in [0.05, 0.1) is 12.7 Å². The molecule has 0 saturated heterocycles. The lowest BCUT2D eigenvalue weighted by atomic mass is 10.1. The van der Waals surface area contributed by atoms with Crippen LogP contribution >= 0.6 is 0 Å². The quantitative estimate of drug-likeness (QED) is 0.677. The van der Waals surface area contributed by atoms with E-state index >= 15 is 0 Å². The topological polar surface area (TPSA) is 70.6 Å². The molecule has 1 rings (SSSR count). The molecule has 0 heterocycles. The molecular formula is C13H20N2O3. The van der Waals surface area contributed by atoms with Gasteiger partial charge >= 0.3 is 6.03 Å². The minimum Gasteiger partial charge on any atom is -0.389 e. The normalized spacial score (nSPS) is 11.9.